The zero-order valence-corrected chi connectivity index (χ0v) is 11.9. The quantitative estimate of drug-likeness (QED) is 0.810. The molecule has 2 heterocycles. The fraction of sp³-hybridized carbons (Fsp3) is 0.929. The van der Waals surface area contributed by atoms with Gasteiger partial charge >= 0.3 is 0 Å². The highest BCUT2D eigenvalue weighted by molar-refractivity contribution is 5.07. The first-order valence-electron chi connectivity index (χ1n) is 7.22. The van der Waals surface area contributed by atoms with E-state index in [0.29, 0.717) is 6.04 Å². The number of likely N-dealkylation sites (N-methyl/N-ethyl adjacent to an activating group) is 1. The van der Waals surface area contributed by atoms with Gasteiger partial charge in [0.05, 0.1) is 6.07 Å². The van der Waals surface area contributed by atoms with Crippen molar-refractivity contribution in [3.63, 3.8) is 0 Å². The summed E-state index contributed by atoms with van der Waals surface area (Å²) in [5.41, 5.74) is -0.413. The Hall–Kier alpha value is -0.630. The topological polar surface area (TPSA) is 42.3 Å². The summed E-state index contributed by atoms with van der Waals surface area (Å²) in [7, 11) is 0. The second-order valence-electron chi connectivity index (χ2n) is 6.04. The van der Waals surface area contributed by atoms with Gasteiger partial charge < -0.3 is 0 Å². The summed E-state index contributed by atoms with van der Waals surface area (Å²) in [6.07, 6.45) is 2.67. The van der Waals surface area contributed by atoms with Gasteiger partial charge in [-0.05, 0) is 39.8 Å². The molecule has 0 amide bonds. The van der Waals surface area contributed by atoms with Crippen molar-refractivity contribution in [3.05, 3.63) is 0 Å². The average molecular weight is 250 g/mol. The van der Waals surface area contributed by atoms with E-state index in [0.717, 1.165) is 32.2 Å². The maximum Gasteiger partial charge on any atom is 0.116 e. The van der Waals surface area contributed by atoms with E-state index >= 15 is 0 Å². The molecular formula is C14H26N4. The molecule has 3 atom stereocenters. The predicted molar refractivity (Wildman–Crippen MR) is 73.3 cm³/mol. The number of hydrogen-bond donors (Lipinski definition) is 1. The molecule has 2 saturated heterocycles. The number of hydrogen-bond acceptors (Lipinski definition) is 4. The average Bonchev–Trinajstić information content (AvgIpc) is 2.77. The maximum absolute atomic E-state index is 9.37. The molecule has 0 bridgehead atoms. The first-order chi connectivity index (χ1) is 8.58. The summed E-state index contributed by atoms with van der Waals surface area (Å²) in [6, 6.07) is 3.73. The van der Waals surface area contributed by atoms with E-state index in [9.17, 15) is 5.26 Å². The van der Waals surface area contributed by atoms with E-state index in [1.54, 1.807) is 0 Å². The van der Waals surface area contributed by atoms with Crippen LogP contribution in [0.1, 0.15) is 33.6 Å². The van der Waals surface area contributed by atoms with Crippen LogP contribution in [0.4, 0.5) is 0 Å². The third-order valence-electron chi connectivity index (χ3n) is 4.40. The van der Waals surface area contributed by atoms with Gasteiger partial charge in [-0.1, -0.05) is 6.92 Å². The number of nitrogens with zero attached hydrogens (tertiary/aromatic N) is 3. The first-order valence-corrected chi connectivity index (χ1v) is 7.22. The van der Waals surface area contributed by atoms with Crippen molar-refractivity contribution in [1.82, 2.24) is 15.1 Å². The highest BCUT2D eigenvalue weighted by Crippen LogP contribution is 2.25. The van der Waals surface area contributed by atoms with Crippen molar-refractivity contribution in [2.75, 3.05) is 32.7 Å². The van der Waals surface area contributed by atoms with Gasteiger partial charge in [0.25, 0.3) is 0 Å². The van der Waals surface area contributed by atoms with Crippen LogP contribution in [0.5, 0.6) is 0 Å². The van der Waals surface area contributed by atoms with Crippen LogP contribution in [0.2, 0.25) is 0 Å². The normalized spacial score (nSPS) is 32.8. The Bertz CT molecular complexity index is 324. The minimum atomic E-state index is -0.413. The van der Waals surface area contributed by atoms with Gasteiger partial charge in [-0.2, -0.15) is 5.26 Å². The summed E-state index contributed by atoms with van der Waals surface area (Å²) >= 11 is 0. The van der Waals surface area contributed by atoms with Gasteiger partial charge in [-0.3, -0.25) is 15.1 Å². The standard InChI is InChI=1S/C14H26N4/c1-4-16-14(3,10-15)11-18-9-13-6-5-7-17(13)8-12(18)2/h12-13,16H,4-9,11H2,1-3H3. The molecule has 2 aliphatic heterocycles. The molecular weight excluding hydrogens is 224 g/mol. The number of nitriles is 1. The maximum atomic E-state index is 9.37. The Labute approximate surface area is 111 Å². The predicted octanol–water partition coefficient (Wildman–Crippen LogP) is 1.05. The molecule has 0 aromatic rings. The van der Waals surface area contributed by atoms with Gasteiger partial charge in [-0.15, -0.1) is 0 Å². The van der Waals surface area contributed by atoms with Gasteiger partial charge in [0.2, 0.25) is 0 Å². The molecule has 0 spiro atoms. The molecule has 2 aliphatic rings. The van der Waals surface area contributed by atoms with Crippen molar-refractivity contribution in [2.45, 2.75) is 51.2 Å². The lowest BCUT2D eigenvalue weighted by Gasteiger charge is -2.44. The largest absolute Gasteiger partial charge is 0.299 e. The van der Waals surface area contributed by atoms with Crippen LogP contribution in [0.15, 0.2) is 0 Å². The number of rotatable bonds is 4. The molecule has 2 fully saturated rings. The van der Waals surface area contributed by atoms with E-state index in [1.165, 1.54) is 19.4 Å². The molecule has 0 saturated carbocycles. The molecule has 1 N–H and O–H groups in total. The van der Waals surface area contributed by atoms with Gasteiger partial charge in [0.1, 0.15) is 5.54 Å². The van der Waals surface area contributed by atoms with Crippen LogP contribution in [0, 0.1) is 11.3 Å². The van der Waals surface area contributed by atoms with E-state index < -0.39 is 5.54 Å². The smallest absolute Gasteiger partial charge is 0.116 e. The fourth-order valence-electron chi connectivity index (χ4n) is 3.40. The Morgan fingerprint density at radius 1 is 1.44 bits per heavy atom. The Morgan fingerprint density at radius 3 is 2.89 bits per heavy atom. The fourth-order valence-corrected chi connectivity index (χ4v) is 3.40. The minimum Gasteiger partial charge on any atom is -0.299 e. The summed E-state index contributed by atoms with van der Waals surface area (Å²) in [5.74, 6) is 0. The van der Waals surface area contributed by atoms with Crippen LogP contribution in [0.3, 0.4) is 0 Å². The van der Waals surface area contributed by atoms with Crippen LogP contribution in [0.25, 0.3) is 0 Å². The lowest BCUT2D eigenvalue weighted by Crippen LogP contribution is -2.60. The molecule has 4 nitrogen and oxygen atoms in total. The lowest BCUT2D eigenvalue weighted by atomic mass is 10.00. The van der Waals surface area contributed by atoms with Crippen molar-refractivity contribution in [3.8, 4) is 6.07 Å². The SMILES string of the molecule is CCNC(C)(C#N)CN1CC2CCCN2CC1C. The summed E-state index contributed by atoms with van der Waals surface area (Å²) in [6.45, 7) is 11.6. The molecule has 3 unspecified atom stereocenters. The van der Waals surface area contributed by atoms with Crippen molar-refractivity contribution in [1.29, 1.82) is 5.26 Å². The Morgan fingerprint density at radius 2 is 2.22 bits per heavy atom. The monoisotopic (exact) mass is 250 g/mol. The second-order valence-corrected chi connectivity index (χ2v) is 6.04. The molecule has 102 valence electrons. The van der Waals surface area contributed by atoms with Crippen molar-refractivity contribution >= 4 is 0 Å². The molecule has 0 aromatic carbocycles. The van der Waals surface area contributed by atoms with Gasteiger partial charge in [-0.25, -0.2) is 0 Å². The summed E-state index contributed by atoms with van der Waals surface area (Å²) in [5, 5.41) is 12.7. The molecule has 18 heavy (non-hydrogen) atoms. The van der Waals surface area contributed by atoms with Crippen molar-refractivity contribution in [2.24, 2.45) is 0 Å². The Balaban J connectivity index is 1.98. The second kappa shape index (κ2) is 5.56. The highest BCUT2D eigenvalue weighted by Gasteiger charge is 2.37. The van der Waals surface area contributed by atoms with Crippen LogP contribution < -0.4 is 5.32 Å². The molecule has 0 aliphatic carbocycles. The van der Waals surface area contributed by atoms with Gasteiger partial charge in [0, 0.05) is 31.7 Å². The zero-order chi connectivity index (χ0) is 13.2. The molecule has 0 radical (unpaired) electrons. The summed E-state index contributed by atoms with van der Waals surface area (Å²) < 4.78 is 0. The minimum absolute atomic E-state index is 0.413. The molecule has 0 aromatic heterocycles. The third kappa shape index (κ3) is 2.85. The third-order valence-corrected chi connectivity index (χ3v) is 4.40. The summed E-state index contributed by atoms with van der Waals surface area (Å²) in [4.78, 5) is 5.12. The number of piperazine rings is 1. The lowest BCUT2D eigenvalue weighted by molar-refractivity contribution is 0.0472. The van der Waals surface area contributed by atoms with E-state index in [-0.39, 0.29) is 0 Å². The van der Waals surface area contributed by atoms with Crippen LogP contribution in [-0.2, 0) is 0 Å². The number of fused-ring (bicyclic) bond motifs is 1. The van der Waals surface area contributed by atoms with E-state index in [1.807, 2.05) is 6.92 Å². The van der Waals surface area contributed by atoms with Gasteiger partial charge in [0.15, 0.2) is 0 Å². The Kier molecular flexibility index (Phi) is 4.26. The zero-order valence-electron chi connectivity index (χ0n) is 11.9. The highest BCUT2D eigenvalue weighted by atomic mass is 15.3. The van der Waals surface area contributed by atoms with Crippen molar-refractivity contribution < 1.29 is 0 Å². The first kappa shape index (κ1) is 13.8. The molecule has 4 heteroatoms. The van der Waals surface area contributed by atoms with E-state index in [4.69, 9.17) is 0 Å². The molecule has 2 rings (SSSR count). The van der Waals surface area contributed by atoms with Crippen LogP contribution >= 0.6 is 0 Å². The van der Waals surface area contributed by atoms with E-state index in [2.05, 4.69) is 35.0 Å². The van der Waals surface area contributed by atoms with Crippen LogP contribution in [-0.4, -0.2) is 60.1 Å². The number of nitrogens with one attached hydrogen (secondary N) is 1.